The Kier molecular flexibility index (Phi) is 7.65. The van der Waals surface area contributed by atoms with E-state index in [1.165, 1.54) is 0 Å². The van der Waals surface area contributed by atoms with Crippen molar-refractivity contribution >= 4 is 12.1 Å². The fourth-order valence-corrected chi connectivity index (χ4v) is 2.85. The zero-order valence-electron chi connectivity index (χ0n) is 17.9. The predicted molar refractivity (Wildman–Crippen MR) is 121 cm³/mol. The van der Waals surface area contributed by atoms with Crippen molar-refractivity contribution in [3.05, 3.63) is 89.0 Å². The number of hydrogen-bond donors (Lipinski definition) is 1. The van der Waals surface area contributed by atoms with Crippen molar-refractivity contribution in [1.29, 1.82) is 0 Å². The number of rotatable bonds is 9. The molecule has 0 aromatic heterocycles. The van der Waals surface area contributed by atoms with E-state index in [1.54, 1.807) is 19.4 Å². The van der Waals surface area contributed by atoms with Gasteiger partial charge in [-0.3, -0.25) is 4.79 Å². The molecule has 31 heavy (non-hydrogen) atoms. The number of methoxy groups -OCH3 is 1. The van der Waals surface area contributed by atoms with Crippen molar-refractivity contribution < 1.29 is 19.0 Å². The summed E-state index contributed by atoms with van der Waals surface area (Å²) in [5, 5.41) is 3.99. The van der Waals surface area contributed by atoms with Crippen molar-refractivity contribution in [2.45, 2.75) is 20.5 Å². The highest BCUT2D eigenvalue weighted by Gasteiger charge is 2.07. The molecular formula is C25H26N2O4. The van der Waals surface area contributed by atoms with Gasteiger partial charge in [0.15, 0.2) is 18.1 Å². The monoisotopic (exact) mass is 418 g/mol. The molecule has 6 heteroatoms. The molecular weight excluding hydrogens is 392 g/mol. The SMILES string of the molecule is COc1cc(C=NNC(=O)COc2cccc(C)c2C)ccc1OCc1ccccc1. The van der Waals surface area contributed by atoms with Crippen molar-refractivity contribution in [2.24, 2.45) is 5.10 Å². The van der Waals surface area contributed by atoms with Crippen LogP contribution in [0.5, 0.6) is 17.2 Å². The Morgan fingerprint density at radius 1 is 0.935 bits per heavy atom. The number of hydrogen-bond acceptors (Lipinski definition) is 5. The summed E-state index contributed by atoms with van der Waals surface area (Å²) in [6, 6.07) is 21.1. The molecule has 0 fully saturated rings. The minimum absolute atomic E-state index is 0.114. The number of hydrazone groups is 1. The first-order valence-electron chi connectivity index (χ1n) is 9.92. The van der Waals surface area contributed by atoms with Gasteiger partial charge >= 0.3 is 0 Å². The van der Waals surface area contributed by atoms with Gasteiger partial charge in [0.05, 0.1) is 13.3 Å². The van der Waals surface area contributed by atoms with Gasteiger partial charge in [0, 0.05) is 0 Å². The van der Waals surface area contributed by atoms with Gasteiger partial charge in [-0.2, -0.15) is 5.10 Å². The minimum atomic E-state index is -0.341. The van der Waals surface area contributed by atoms with Crippen LogP contribution in [0.4, 0.5) is 0 Å². The number of amides is 1. The van der Waals surface area contributed by atoms with E-state index < -0.39 is 0 Å². The van der Waals surface area contributed by atoms with Crippen LogP contribution in [0.15, 0.2) is 71.8 Å². The molecule has 3 aromatic rings. The third-order valence-electron chi connectivity index (χ3n) is 4.74. The van der Waals surface area contributed by atoms with Crippen LogP contribution in [0.2, 0.25) is 0 Å². The van der Waals surface area contributed by atoms with Crippen molar-refractivity contribution in [3.8, 4) is 17.2 Å². The lowest BCUT2D eigenvalue weighted by Crippen LogP contribution is -2.24. The number of nitrogens with zero attached hydrogens (tertiary/aromatic N) is 1. The normalized spacial score (nSPS) is 10.7. The quantitative estimate of drug-likeness (QED) is 0.413. The summed E-state index contributed by atoms with van der Waals surface area (Å²) in [7, 11) is 1.58. The number of nitrogens with one attached hydrogen (secondary N) is 1. The summed E-state index contributed by atoms with van der Waals surface area (Å²) in [6.07, 6.45) is 1.54. The summed E-state index contributed by atoms with van der Waals surface area (Å²) >= 11 is 0. The molecule has 0 spiro atoms. The standard InChI is InChI=1S/C25H26N2O4/c1-18-8-7-11-22(19(18)2)31-17-25(28)27-26-15-21-12-13-23(24(14-21)29-3)30-16-20-9-5-4-6-10-20/h4-15H,16-17H2,1-3H3,(H,27,28). The van der Waals surface area contributed by atoms with Crippen molar-refractivity contribution in [2.75, 3.05) is 13.7 Å². The fraction of sp³-hybridized carbons (Fsp3) is 0.200. The van der Waals surface area contributed by atoms with Crippen molar-refractivity contribution in [1.82, 2.24) is 5.43 Å². The zero-order chi connectivity index (χ0) is 22.1. The first-order valence-corrected chi connectivity index (χ1v) is 9.92. The molecule has 1 N–H and O–H groups in total. The Labute approximate surface area is 182 Å². The summed E-state index contributed by atoms with van der Waals surface area (Å²) < 4.78 is 16.8. The van der Waals surface area contributed by atoms with E-state index in [0.29, 0.717) is 23.9 Å². The maximum Gasteiger partial charge on any atom is 0.277 e. The molecule has 0 saturated carbocycles. The molecule has 6 nitrogen and oxygen atoms in total. The van der Waals surface area contributed by atoms with Gasteiger partial charge in [-0.25, -0.2) is 5.43 Å². The third-order valence-corrected chi connectivity index (χ3v) is 4.74. The van der Waals surface area contributed by atoms with Crippen LogP contribution in [0.3, 0.4) is 0 Å². The van der Waals surface area contributed by atoms with Crippen LogP contribution >= 0.6 is 0 Å². The summed E-state index contributed by atoms with van der Waals surface area (Å²) in [5.41, 5.74) is 6.43. The van der Waals surface area contributed by atoms with E-state index in [9.17, 15) is 4.79 Å². The van der Waals surface area contributed by atoms with Gasteiger partial charge in [0.2, 0.25) is 0 Å². The van der Waals surface area contributed by atoms with E-state index >= 15 is 0 Å². The Hall–Kier alpha value is -3.80. The predicted octanol–water partition coefficient (Wildman–Crippen LogP) is 4.42. The van der Waals surface area contributed by atoms with Gasteiger partial charge in [-0.15, -0.1) is 0 Å². The second-order valence-corrected chi connectivity index (χ2v) is 6.96. The first-order chi connectivity index (χ1) is 15.1. The van der Waals surface area contributed by atoms with E-state index in [1.807, 2.05) is 74.5 Å². The molecule has 0 aliphatic carbocycles. The van der Waals surface area contributed by atoms with Gasteiger partial charge in [0.25, 0.3) is 5.91 Å². The topological polar surface area (TPSA) is 69.2 Å². The highest BCUT2D eigenvalue weighted by atomic mass is 16.5. The lowest BCUT2D eigenvalue weighted by Gasteiger charge is -2.11. The average molecular weight is 418 g/mol. The average Bonchev–Trinajstić information content (AvgIpc) is 2.79. The van der Waals surface area contributed by atoms with Crippen LogP contribution in [0.25, 0.3) is 0 Å². The molecule has 0 heterocycles. The molecule has 160 valence electrons. The van der Waals surface area contributed by atoms with E-state index in [0.717, 1.165) is 22.3 Å². The van der Waals surface area contributed by atoms with E-state index in [-0.39, 0.29) is 12.5 Å². The number of benzene rings is 3. The molecule has 0 aliphatic heterocycles. The summed E-state index contributed by atoms with van der Waals surface area (Å²) in [5.74, 6) is 1.57. The van der Waals surface area contributed by atoms with Crippen LogP contribution in [-0.2, 0) is 11.4 Å². The lowest BCUT2D eigenvalue weighted by molar-refractivity contribution is -0.123. The Bertz CT molecular complexity index is 1050. The van der Waals surface area contributed by atoms with Gasteiger partial charge in [0.1, 0.15) is 12.4 Å². The second kappa shape index (κ2) is 10.8. The summed E-state index contributed by atoms with van der Waals surface area (Å²) in [4.78, 5) is 12.0. The molecule has 0 bridgehead atoms. The van der Waals surface area contributed by atoms with E-state index in [2.05, 4.69) is 10.5 Å². The minimum Gasteiger partial charge on any atom is -0.493 e. The Balaban J connectivity index is 1.53. The highest BCUT2D eigenvalue weighted by Crippen LogP contribution is 2.28. The van der Waals surface area contributed by atoms with E-state index in [4.69, 9.17) is 14.2 Å². The van der Waals surface area contributed by atoms with Gasteiger partial charge in [-0.05, 0) is 60.4 Å². The lowest BCUT2D eigenvalue weighted by atomic mass is 10.1. The number of ether oxygens (including phenoxy) is 3. The molecule has 0 aliphatic rings. The van der Waals surface area contributed by atoms with Gasteiger partial charge < -0.3 is 14.2 Å². The number of aryl methyl sites for hydroxylation is 1. The third kappa shape index (κ3) is 6.34. The maximum atomic E-state index is 12.0. The molecule has 0 radical (unpaired) electrons. The molecule has 0 saturated heterocycles. The zero-order valence-corrected chi connectivity index (χ0v) is 17.9. The second-order valence-electron chi connectivity index (χ2n) is 6.96. The molecule has 1 amide bonds. The van der Waals surface area contributed by atoms with Crippen LogP contribution in [0, 0.1) is 13.8 Å². The number of carbonyl (C=O) groups is 1. The fourth-order valence-electron chi connectivity index (χ4n) is 2.85. The van der Waals surface area contributed by atoms with Crippen LogP contribution < -0.4 is 19.6 Å². The summed E-state index contributed by atoms with van der Waals surface area (Å²) in [6.45, 7) is 4.29. The van der Waals surface area contributed by atoms with Crippen molar-refractivity contribution in [3.63, 3.8) is 0 Å². The maximum absolute atomic E-state index is 12.0. The Morgan fingerprint density at radius 3 is 2.52 bits per heavy atom. The molecule has 3 rings (SSSR count). The Morgan fingerprint density at radius 2 is 1.74 bits per heavy atom. The smallest absolute Gasteiger partial charge is 0.277 e. The van der Waals surface area contributed by atoms with Gasteiger partial charge in [-0.1, -0.05) is 42.5 Å². The van der Waals surface area contributed by atoms with Crippen LogP contribution in [0.1, 0.15) is 22.3 Å². The molecule has 3 aromatic carbocycles. The molecule has 0 atom stereocenters. The van der Waals surface area contributed by atoms with Crippen LogP contribution in [-0.4, -0.2) is 25.8 Å². The largest absolute Gasteiger partial charge is 0.493 e. The number of carbonyl (C=O) groups excluding carboxylic acids is 1. The molecule has 0 unspecified atom stereocenters. The highest BCUT2D eigenvalue weighted by molar-refractivity contribution is 5.83. The first kappa shape index (κ1) is 21.9.